The molecule has 1 fully saturated rings. The smallest absolute Gasteiger partial charge is 0.296 e. The van der Waals surface area contributed by atoms with Crippen LogP contribution in [0.5, 0.6) is 0 Å². The predicted molar refractivity (Wildman–Crippen MR) is 530 cm³/mol. The molecule has 140 heavy (non-hydrogen) atoms. The fourth-order valence-electron chi connectivity index (χ4n) is 13.6. The first kappa shape index (κ1) is 97.3. The fourth-order valence-corrected chi connectivity index (χ4v) is 13.8. The number of nitrogens with one attached hydrogen (secondary N) is 7. The summed E-state index contributed by atoms with van der Waals surface area (Å²) in [7, 11) is 0. The quantitative estimate of drug-likeness (QED) is 0.0130. The molecule has 0 spiro atoms. The van der Waals surface area contributed by atoms with Gasteiger partial charge in [-0.3, -0.25) is 58.7 Å². The summed E-state index contributed by atoms with van der Waals surface area (Å²) >= 11 is 6.04. The monoisotopic (exact) mass is 1880 g/mol. The molecule has 31 nitrogen and oxygen atoms in total. The van der Waals surface area contributed by atoms with E-state index in [0.29, 0.717) is 89.7 Å². The Morgan fingerprint density at radius 1 is 0.421 bits per heavy atom. The van der Waals surface area contributed by atoms with E-state index >= 15 is 0 Å². The molecule has 17 aromatic rings. The van der Waals surface area contributed by atoms with Gasteiger partial charge in [-0.05, 0) is 96.1 Å². The molecule has 0 saturated heterocycles. The summed E-state index contributed by atoms with van der Waals surface area (Å²) in [6, 6.07) is 103. The number of anilines is 1. The number of aryl methyl sites for hydroxylation is 1. The molecule has 1 saturated carbocycles. The van der Waals surface area contributed by atoms with E-state index in [4.69, 9.17) is 47.7 Å². The van der Waals surface area contributed by atoms with Crippen LogP contribution in [0.25, 0.3) is 33.9 Å². The first-order valence-electron chi connectivity index (χ1n) is 43.9. The highest BCUT2D eigenvalue weighted by molar-refractivity contribution is 6.31. The Bertz CT molecular complexity index is 6970. The molecule has 7 amide bonds. The van der Waals surface area contributed by atoms with Gasteiger partial charge in [-0.1, -0.05) is 325 Å². The Balaban J connectivity index is 0.000000139. The van der Waals surface area contributed by atoms with Crippen LogP contribution in [0, 0.1) is 18.3 Å². The number of fused-ring (bicyclic) bond motifs is 1. The van der Waals surface area contributed by atoms with E-state index in [2.05, 4.69) is 82.1 Å². The lowest BCUT2D eigenvalue weighted by molar-refractivity contribution is -0.122. The lowest BCUT2D eigenvalue weighted by Crippen LogP contribution is -2.42. The average Bonchev–Trinajstić information content (AvgIpc) is 1.67. The van der Waals surface area contributed by atoms with Crippen LogP contribution in [0.2, 0.25) is 5.02 Å². The van der Waals surface area contributed by atoms with Crippen molar-refractivity contribution < 1.29 is 51.8 Å². The Hall–Kier alpha value is -18.8. The Kier molecular flexibility index (Phi) is 33.9. The number of ketones is 1. The number of halogens is 1. The van der Waals surface area contributed by atoms with Crippen molar-refractivity contribution in [3.05, 3.63) is 484 Å². The van der Waals surface area contributed by atoms with E-state index in [-0.39, 0.29) is 40.8 Å². The van der Waals surface area contributed by atoms with Gasteiger partial charge >= 0.3 is 0 Å². The van der Waals surface area contributed by atoms with E-state index in [1.807, 2.05) is 183 Å². The van der Waals surface area contributed by atoms with Gasteiger partial charge in [-0.25, -0.2) is 0 Å². The van der Waals surface area contributed by atoms with Crippen LogP contribution >= 0.6 is 11.6 Å². The molecule has 696 valence electrons. The minimum atomic E-state index is -0.957. The number of amides is 7. The number of aromatic nitrogens is 8. The van der Waals surface area contributed by atoms with Gasteiger partial charge in [0, 0.05) is 93.1 Å². The second-order valence-electron chi connectivity index (χ2n) is 31.1. The van der Waals surface area contributed by atoms with Crippen LogP contribution in [0.3, 0.4) is 0 Å². The molecule has 32 heteroatoms. The lowest BCUT2D eigenvalue weighted by atomic mass is 10.1. The third kappa shape index (κ3) is 27.7. The first-order valence-corrected chi connectivity index (χ1v) is 44.2. The zero-order valence-corrected chi connectivity index (χ0v) is 75.7. The van der Waals surface area contributed by atoms with Crippen molar-refractivity contribution in [3.63, 3.8) is 0 Å². The summed E-state index contributed by atoms with van der Waals surface area (Å²) in [5.41, 5.74) is 27.9. The number of nitrogens with two attached hydrogens (primary N) is 3. The SMILES string of the molecule is Cc1ccc(C(=O)NC(C(=O)NC(=N)c2ccccc2)c2ccccc2)cn1.Clc1ccc2nc(NC(c3ccccc3)c3nc(-c4ccccc4)no3)oc2c1.NC(=CC(=O)C1CC1)C(=O)NC(c1ccccc1)c1nc(-c2ccccc2)no1.NC(=NC(=O)C(NC(=O)c1cccnc1)c1ccccc1)c1ccccc1.NC(=NC(=O)C(NC(=O)c1ccncc1)c1ccccc1)c1ccccc1. The summed E-state index contributed by atoms with van der Waals surface area (Å²) in [5, 5.41) is 33.7. The number of carbonyl (C=O) groups excluding carboxylic acids is 8. The van der Waals surface area contributed by atoms with E-state index < -0.39 is 71.6 Å². The van der Waals surface area contributed by atoms with Crippen LogP contribution in [-0.2, 0) is 24.0 Å². The van der Waals surface area contributed by atoms with Crippen molar-refractivity contribution in [2.24, 2.45) is 33.1 Å². The van der Waals surface area contributed by atoms with Crippen molar-refractivity contribution in [1.82, 2.24) is 66.8 Å². The zero-order chi connectivity index (χ0) is 97.9. The number of allylic oxidation sites excluding steroid dienone is 1. The third-order valence-corrected chi connectivity index (χ3v) is 21.3. The third-order valence-electron chi connectivity index (χ3n) is 21.1. The van der Waals surface area contributed by atoms with Gasteiger partial charge in [0.25, 0.3) is 59.1 Å². The molecule has 11 aromatic carbocycles. The second-order valence-corrected chi connectivity index (χ2v) is 31.5. The van der Waals surface area contributed by atoms with E-state index in [0.717, 1.165) is 40.8 Å². The normalized spacial score (nSPS) is 12.6. The number of hydrogen-bond donors (Lipinski definition) is 10. The van der Waals surface area contributed by atoms with Gasteiger partial charge < -0.3 is 62.6 Å². The van der Waals surface area contributed by atoms with Crippen LogP contribution in [0.15, 0.2) is 424 Å². The second kappa shape index (κ2) is 48.7. The van der Waals surface area contributed by atoms with Gasteiger partial charge in [0.15, 0.2) is 11.4 Å². The number of oxazole rings is 1. The largest absolute Gasteiger partial charge is 0.423 e. The number of rotatable bonds is 27. The average molecular weight is 1880 g/mol. The van der Waals surface area contributed by atoms with Crippen molar-refractivity contribution in [3.8, 4) is 22.8 Å². The van der Waals surface area contributed by atoms with Gasteiger partial charge in [0.05, 0.1) is 11.1 Å². The number of hydrogen-bond acceptors (Lipinski definition) is 22. The summed E-state index contributed by atoms with van der Waals surface area (Å²) in [4.78, 5) is 134. The first-order chi connectivity index (χ1) is 68.2. The van der Waals surface area contributed by atoms with Crippen LogP contribution in [0.1, 0.15) is 136 Å². The number of nitrogens with zero attached hydrogens (tertiary/aromatic N) is 10. The van der Waals surface area contributed by atoms with Gasteiger partial charge in [-0.2, -0.15) is 24.9 Å². The Labute approximate surface area is 808 Å². The standard InChI is InChI=1S/C22H15ClN4O2.C22H20N4O3.C22H20N4O2.2C21H18N4O2/c23-16-11-12-17-18(13-16)28-22(24-17)25-19(14-7-3-1-4-8-14)21-26-20(27-29-21)15-9-5-2-6-10-15;23-17(13-18(27)14-11-12-14)21(28)24-19(15-7-3-1-4-8-15)22-25-20(26-29-22)16-9-5-2-6-10-16;1-15-12-13-18(14-24-15)21(27)25-19(16-8-4-2-5-9-16)22(28)26-20(23)17-10-6-3-7-11-17;22-19(16-10-5-2-6-11-16)25-21(27)18(15-8-3-1-4-9-15)24-20(26)17-12-7-13-23-14-17;22-19(16-9-5-2-6-10-16)25-21(27)18(15-7-3-1-4-8-15)24-20(26)17-11-13-23-14-12-17/h1-13,19H,(H,24,25);1-10,13-14,19H,11-12,23H2,(H,24,28);2-14,19H,1H3,(H,25,27)(H2,23,26,28);2*1-14,18H,(H,24,26)(H2,22,25,27). The number of amidine groups is 3. The molecule has 18 rings (SSSR count). The van der Waals surface area contributed by atoms with Crippen LogP contribution in [-0.4, -0.2) is 105 Å². The van der Waals surface area contributed by atoms with Gasteiger partial charge in [0.1, 0.15) is 58.9 Å². The summed E-state index contributed by atoms with van der Waals surface area (Å²) in [6.07, 6.45) is 10.4. The number of benzene rings is 11. The Morgan fingerprint density at radius 2 is 0.836 bits per heavy atom. The molecular weight excluding hydrogens is 1790 g/mol. The maximum Gasteiger partial charge on any atom is 0.296 e. The lowest BCUT2D eigenvalue weighted by Gasteiger charge is -2.19. The van der Waals surface area contributed by atoms with Crippen molar-refractivity contribution in [2.75, 3.05) is 5.32 Å². The number of aliphatic imine (C=N–C) groups is 2. The fraction of sp³-hybridized carbons (Fsp3) is 0.0833. The molecule has 6 aromatic heterocycles. The van der Waals surface area contributed by atoms with Crippen molar-refractivity contribution in [2.45, 2.75) is 50.0 Å². The summed E-state index contributed by atoms with van der Waals surface area (Å²) in [5.74, 6) is -1.76. The minimum Gasteiger partial charge on any atom is -0.423 e. The molecule has 13 N–H and O–H groups in total. The highest BCUT2D eigenvalue weighted by Gasteiger charge is 2.32. The maximum absolute atomic E-state index is 12.9. The van der Waals surface area contributed by atoms with Crippen LogP contribution in [0.4, 0.5) is 6.01 Å². The molecule has 5 unspecified atom stereocenters. The minimum absolute atomic E-state index is 0.00404. The molecule has 0 aliphatic heterocycles. The molecule has 6 heterocycles. The molecule has 0 bridgehead atoms. The number of pyridine rings is 3. The van der Waals surface area contributed by atoms with Crippen molar-refractivity contribution >= 4 is 93.4 Å². The topological polar surface area (TPSA) is 478 Å². The highest BCUT2D eigenvalue weighted by Crippen LogP contribution is 2.33. The van der Waals surface area contributed by atoms with E-state index in [9.17, 15) is 38.4 Å². The van der Waals surface area contributed by atoms with Gasteiger partial charge in [0.2, 0.25) is 11.6 Å². The molecule has 5 atom stereocenters. The molecule has 1 aliphatic rings. The molecule has 1 aliphatic carbocycles. The number of carbonyl (C=O) groups is 8. The highest BCUT2D eigenvalue weighted by atomic mass is 35.5. The predicted octanol–water partition coefficient (Wildman–Crippen LogP) is 16.5. The summed E-state index contributed by atoms with van der Waals surface area (Å²) in [6.45, 7) is 1.83. The van der Waals surface area contributed by atoms with Gasteiger partial charge in [-0.15, -0.1) is 0 Å². The Morgan fingerprint density at radius 3 is 1.29 bits per heavy atom. The zero-order valence-electron chi connectivity index (χ0n) is 75.0. The molecular formula is C108H91ClN20O11. The molecule has 0 radical (unpaired) electrons. The van der Waals surface area contributed by atoms with Crippen LogP contribution < -0.4 is 49.1 Å². The van der Waals surface area contributed by atoms with E-state index in [1.165, 1.54) is 30.9 Å². The van der Waals surface area contributed by atoms with Crippen molar-refractivity contribution in [1.29, 1.82) is 5.41 Å². The maximum atomic E-state index is 12.9. The van der Waals surface area contributed by atoms with E-state index in [1.54, 1.807) is 188 Å². The summed E-state index contributed by atoms with van der Waals surface area (Å²) < 4.78 is 16.8.